The number of aromatic nitrogens is 2. The minimum absolute atomic E-state index is 0.439. The van der Waals surface area contributed by atoms with E-state index in [2.05, 4.69) is 44.3 Å². The normalized spacial score (nSPS) is 10.9. The first-order valence-electron chi connectivity index (χ1n) is 9.36. The highest BCUT2D eigenvalue weighted by Gasteiger charge is 2.17. The Kier molecular flexibility index (Phi) is 7.25. The van der Waals surface area contributed by atoms with Crippen LogP contribution in [0.5, 0.6) is 11.6 Å². The van der Waals surface area contributed by atoms with Crippen LogP contribution in [0.1, 0.15) is 57.2 Å². The van der Waals surface area contributed by atoms with Crippen molar-refractivity contribution < 1.29 is 9.47 Å². The lowest BCUT2D eigenvalue weighted by atomic mass is 9.99. The van der Waals surface area contributed by atoms with Gasteiger partial charge in [0.25, 0.3) is 5.88 Å². The lowest BCUT2D eigenvalue weighted by molar-refractivity contribution is 0.397. The van der Waals surface area contributed by atoms with Gasteiger partial charge in [0.1, 0.15) is 5.75 Å². The number of hydrogen-bond donors (Lipinski definition) is 1. The molecule has 1 N–H and O–H groups in total. The first kappa shape index (κ1) is 20.0. The fourth-order valence-corrected chi connectivity index (χ4v) is 2.86. The van der Waals surface area contributed by atoms with Gasteiger partial charge in [0.05, 0.1) is 25.6 Å². The SMILES string of the molecule is CCCCCNc1nc(C)c(-c2ccc(C(C)C)cc2OC)nc1OC. The van der Waals surface area contributed by atoms with Gasteiger partial charge in [-0.15, -0.1) is 0 Å². The number of nitrogens with zero attached hydrogens (tertiary/aromatic N) is 2. The van der Waals surface area contributed by atoms with Crippen molar-refractivity contribution in [1.82, 2.24) is 9.97 Å². The van der Waals surface area contributed by atoms with Gasteiger partial charge < -0.3 is 14.8 Å². The van der Waals surface area contributed by atoms with Gasteiger partial charge in [-0.1, -0.05) is 39.7 Å². The molecule has 0 saturated carbocycles. The van der Waals surface area contributed by atoms with Crippen LogP contribution in [0.3, 0.4) is 0 Å². The molecule has 0 amide bonds. The number of anilines is 1. The number of benzene rings is 1. The van der Waals surface area contributed by atoms with Crippen LogP contribution in [-0.2, 0) is 0 Å². The average Bonchev–Trinajstić information content (AvgIpc) is 2.65. The fourth-order valence-electron chi connectivity index (χ4n) is 2.86. The van der Waals surface area contributed by atoms with Crippen LogP contribution in [0.2, 0.25) is 0 Å². The molecule has 0 spiro atoms. The third-order valence-corrected chi connectivity index (χ3v) is 4.45. The van der Waals surface area contributed by atoms with Crippen molar-refractivity contribution >= 4 is 5.82 Å². The second-order valence-electron chi connectivity index (χ2n) is 6.76. The minimum atomic E-state index is 0.439. The zero-order valence-corrected chi connectivity index (χ0v) is 16.8. The van der Waals surface area contributed by atoms with Gasteiger partial charge in [0, 0.05) is 12.1 Å². The molecule has 1 aromatic heterocycles. The van der Waals surface area contributed by atoms with E-state index < -0.39 is 0 Å². The maximum absolute atomic E-state index is 5.62. The highest BCUT2D eigenvalue weighted by Crippen LogP contribution is 2.35. The summed E-state index contributed by atoms with van der Waals surface area (Å²) in [7, 11) is 3.31. The van der Waals surface area contributed by atoms with Gasteiger partial charge in [-0.05, 0) is 37.0 Å². The van der Waals surface area contributed by atoms with Crippen molar-refractivity contribution in [3.8, 4) is 22.9 Å². The number of unbranched alkanes of at least 4 members (excludes halogenated alkanes) is 2. The number of rotatable bonds is 9. The Bertz CT molecular complexity index is 729. The summed E-state index contributed by atoms with van der Waals surface area (Å²) in [5.41, 5.74) is 3.79. The minimum Gasteiger partial charge on any atom is -0.496 e. The van der Waals surface area contributed by atoms with Crippen molar-refractivity contribution in [2.45, 2.75) is 52.9 Å². The average molecular weight is 357 g/mol. The van der Waals surface area contributed by atoms with Crippen molar-refractivity contribution in [3.05, 3.63) is 29.5 Å². The molecule has 0 aliphatic heterocycles. The largest absolute Gasteiger partial charge is 0.496 e. The van der Waals surface area contributed by atoms with Crippen LogP contribution in [0, 0.1) is 6.92 Å². The molecule has 0 saturated heterocycles. The van der Waals surface area contributed by atoms with Crippen molar-refractivity contribution in [2.24, 2.45) is 0 Å². The Morgan fingerprint density at radius 2 is 1.85 bits per heavy atom. The maximum atomic E-state index is 5.62. The summed E-state index contributed by atoms with van der Waals surface area (Å²) < 4.78 is 11.1. The molecule has 0 aliphatic rings. The molecule has 2 aromatic rings. The van der Waals surface area contributed by atoms with E-state index in [-0.39, 0.29) is 0 Å². The van der Waals surface area contributed by atoms with Crippen molar-refractivity contribution in [3.63, 3.8) is 0 Å². The zero-order valence-electron chi connectivity index (χ0n) is 16.8. The molecule has 142 valence electrons. The first-order chi connectivity index (χ1) is 12.5. The zero-order chi connectivity index (χ0) is 19.1. The summed E-state index contributed by atoms with van der Waals surface area (Å²) in [4.78, 5) is 9.41. The van der Waals surface area contributed by atoms with E-state index in [9.17, 15) is 0 Å². The van der Waals surface area contributed by atoms with Gasteiger partial charge >= 0.3 is 0 Å². The van der Waals surface area contributed by atoms with Crippen LogP contribution < -0.4 is 14.8 Å². The Balaban J connectivity index is 2.38. The van der Waals surface area contributed by atoms with E-state index >= 15 is 0 Å². The van der Waals surface area contributed by atoms with Crippen LogP contribution in [-0.4, -0.2) is 30.7 Å². The number of ether oxygens (including phenoxy) is 2. The van der Waals surface area contributed by atoms with Crippen molar-refractivity contribution in [1.29, 1.82) is 0 Å². The highest BCUT2D eigenvalue weighted by atomic mass is 16.5. The molecular formula is C21H31N3O2. The highest BCUT2D eigenvalue weighted by molar-refractivity contribution is 5.71. The molecule has 5 nitrogen and oxygen atoms in total. The standard InChI is InChI=1S/C21H31N3O2/c1-7-8-9-12-22-20-21(26-6)24-19(15(4)23-20)17-11-10-16(14(2)3)13-18(17)25-5/h10-11,13-14H,7-9,12H2,1-6H3,(H,22,23). The Morgan fingerprint density at radius 3 is 2.46 bits per heavy atom. The molecule has 26 heavy (non-hydrogen) atoms. The molecule has 1 heterocycles. The van der Waals surface area contributed by atoms with Crippen LogP contribution >= 0.6 is 0 Å². The summed E-state index contributed by atoms with van der Waals surface area (Å²) in [5.74, 6) is 2.45. The molecule has 0 fully saturated rings. The molecule has 0 aliphatic carbocycles. The topological polar surface area (TPSA) is 56.3 Å². The summed E-state index contributed by atoms with van der Waals surface area (Å²) in [5, 5.41) is 3.34. The fraction of sp³-hybridized carbons (Fsp3) is 0.524. The summed E-state index contributed by atoms with van der Waals surface area (Å²) >= 11 is 0. The van der Waals surface area contributed by atoms with Crippen molar-refractivity contribution in [2.75, 3.05) is 26.1 Å². The van der Waals surface area contributed by atoms with Gasteiger partial charge in [-0.3, -0.25) is 0 Å². The third kappa shape index (κ3) is 4.65. The molecular weight excluding hydrogens is 326 g/mol. The van der Waals surface area contributed by atoms with E-state index in [1.165, 1.54) is 18.4 Å². The lowest BCUT2D eigenvalue weighted by Crippen LogP contribution is -2.08. The molecule has 0 radical (unpaired) electrons. The van der Waals surface area contributed by atoms with Gasteiger partial charge in [0.2, 0.25) is 0 Å². The van der Waals surface area contributed by atoms with Crippen LogP contribution in [0.25, 0.3) is 11.3 Å². The van der Waals surface area contributed by atoms with Crippen LogP contribution in [0.4, 0.5) is 5.82 Å². The van der Waals surface area contributed by atoms with E-state index in [0.717, 1.165) is 35.7 Å². The Labute approximate surface area is 157 Å². The summed E-state index contributed by atoms with van der Waals surface area (Å²) in [6.07, 6.45) is 3.49. The predicted octanol–water partition coefficient (Wildman–Crippen LogP) is 5.19. The Morgan fingerprint density at radius 1 is 1.08 bits per heavy atom. The first-order valence-corrected chi connectivity index (χ1v) is 9.36. The van der Waals surface area contributed by atoms with E-state index in [4.69, 9.17) is 19.4 Å². The molecule has 0 bridgehead atoms. The maximum Gasteiger partial charge on any atom is 0.257 e. The van der Waals surface area contributed by atoms with E-state index in [1.54, 1.807) is 14.2 Å². The molecule has 2 rings (SSSR count). The molecule has 0 unspecified atom stereocenters. The second kappa shape index (κ2) is 9.41. The van der Waals surface area contributed by atoms with E-state index in [1.807, 2.05) is 6.92 Å². The third-order valence-electron chi connectivity index (χ3n) is 4.45. The molecule has 5 heteroatoms. The number of hydrogen-bond acceptors (Lipinski definition) is 5. The predicted molar refractivity (Wildman–Crippen MR) is 107 cm³/mol. The lowest BCUT2D eigenvalue weighted by Gasteiger charge is -2.16. The van der Waals surface area contributed by atoms with Gasteiger partial charge in [-0.25, -0.2) is 9.97 Å². The Hall–Kier alpha value is -2.30. The van der Waals surface area contributed by atoms with Gasteiger partial charge in [-0.2, -0.15) is 0 Å². The number of nitrogens with one attached hydrogen (secondary N) is 1. The molecule has 0 atom stereocenters. The smallest absolute Gasteiger partial charge is 0.257 e. The quantitative estimate of drug-likeness (QED) is 0.626. The van der Waals surface area contributed by atoms with Crippen LogP contribution in [0.15, 0.2) is 18.2 Å². The number of methoxy groups -OCH3 is 2. The molecule has 1 aromatic carbocycles. The monoisotopic (exact) mass is 357 g/mol. The summed E-state index contributed by atoms with van der Waals surface area (Å²) in [6.45, 7) is 9.36. The summed E-state index contributed by atoms with van der Waals surface area (Å²) in [6, 6.07) is 6.25. The van der Waals surface area contributed by atoms with Gasteiger partial charge in [0.15, 0.2) is 5.82 Å². The number of aryl methyl sites for hydroxylation is 1. The second-order valence-corrected chi connectivity index (χ2v) is 6.76. The van der Waals surface area contributed by atoms with E-state index in [0.29, 0.717) is 17.6 Å².